The third kappa shape index (κ3) is 7.24. The molecule has 3 saturated heterocycles. The first-order valence-corrected chi connectivity index (χ1v) is 17.7. The lowest BCUT2D eigenvalue weighted by molar-refractivity contribution is 0.0654. The van der Waals surface area contributed by atoms with Gasteiger partial charge in [0.15, 0.2) is 9.84 Å². The Labute approximate surface area is 261 Å². The molecule has 3 aliphatic rings. The minimum atomic E-state index is -3.42. The average Bonchev–Trinajstić information content (AvgIpc) is 3.05. The van der Waals surface area contributed by atoms with Gasteiger partial charge in [-0.15, -0.1) is 0 Å². The van der Waals surface area contributed by atoms with Crippen molar-refractivity contribution in [2.75, 3.05) is 68.2 Å². The minimum absolute atomic E-state index is 0.175. The summed E-state index contributed by atoms with van der Waals surface area (Å²) in [6, 6.07) is 14.3. The summed E-state index contributed by atoms with van der Waals surface area (Å²) in [5.74, 6) is 1.24. The fourth-order valence-electron chi connectivity index (χ4n) is 6.92. The van der Waals surface area contributed by atoms with Crippen molar-refractivity contribution in [1.29, 1.82) is 0 Å². The molecule has 236 valence electrons. The van der Waals surface area contributed by atoms with E-state index in [0.29, 0.717) is 23.4 Å². The molecule has 0 saturated carbocycles. The van der Waals surface area contributed by atoms with Crippen LogP contribution in [-0.4, -0.2) is 97.9 Å². The van der Waals surface area contributed by atoms with Crippen molar-refractivity contribution in [3.63, 3.8) is 0 Å². The number of likely N-dealkylation sites (tertiary alicyclic amines) is 2. The van der Waals surface area contributed by atoms with Crippen molar-refractivity contribution in [2.24, 2.45) is 0 Å². The lowest BCUT2D eigenvalue weighted by atomic mass is 9.95. The third-order valence-corrected chi connectivity index (χ3v) is 10.4. The zero-order chi connectivity index (χ0) is 30.5. The summed E-state index contributed by atoms with van der Waals surface area (Å²) in [6.07, 6.45) is 11.7. The summed E-state index contributed by atoms with van der Waals surface area (Å²) < 4.78 is 30.1. The van der Waals surface area contributed by atoms with E-state index in [9.17, 15) is 8.42 Å². The number of ether oxygens (including phenoxy) is 1. The van der Waals surface area contributed by atoms with E-state index >= 15 is 0 Å². The number of hydrogen-bond donors (Lipinski definition) is 2. The number of sulfone groups is 1. The second-order valence-electron chi connectivity index (χ2n) is 12.1. The van der Waals surface area contributed by atoms with E-state index in [-0.39, 0.29) is 10.8 Å². The zero-order valence-electron chi connectivity index (χ0n) is 25.8. The number of benzene rings is 2. The maximum Gasteiger partial charge on any atom is 0.232 e. The van der Waals surface area contributed by atoms with Crippen molar-refractivity contribution in [3.8, 4) is 5.75 Å². The average molecular weight is 621 g/mol. The molecule has 0 radical (unpaired) electrons. The third-order valence-electron chi connectivity index (χ3n) is 9.29. The van der Waals surface area contributed by atoms with E-state index in [1.807, 2.05) is 6.07 Å². The molecule has 2 aromatic carbocycles. The molecule has 3 fully saturated rings. The van der Waals surface area contributed by atoms with E-state index in [1.54, 1.807) is 31.4 Å². The minimum Gasteiger partial charge on any atom is -0.494 e. The fourth-order valence-corrected chi connectivity index (χ4v) is 7.76. The Kier molecular flexibility index (Phi) is 9.48. The highest BCUT2D eigenvalue weighted by Crippen LogP contribution is 2.34. The summed E-state index contributed by atoms with van der Waals surface area (Å²) in [5, 5.41) is 6.23. The quantitative estimate of drug-likeness (QED) is 0.347. The van der Waals surface area contributed by atoms with Gasteiger partial charge in [-0.1, -0.05) is 18.6 Å². The highest BCUT2D eigenvalue weighted by molar-refractivity contribution is 7.90. The van der Waals surface area contributed by atoms with Crippen LogP contribution in [0.4, 0.5) is 29.0 Å². The van der Waals surface area contributed by atoms with Crippen molar-refractivity contribution in [2.45, 2.75) is 61.9 Å². The van der Waals surface area contributed by atoms with Crippen LogP contribution in [0.2, 0.25) is 0 Å². The molecule has 2 N–H and O–H groups in total. The number of aromatic nitrogens is 3. The highest BCUT2D eigenvalue weighted by atomic mass is 32.2. The van der Waals surface area contributed by atoms with Gasteiger partial charge in [-0.05, 0) is 89.0 Å². The van der Waals surface area contributed by atoms with Gasteiger partial charge in [0.05, 0.1) is 23.4 Å². The summed E-state index contributed by atoms with van der Waals surface area (Å²) in [5.41, 5.74) is 2.28. The first-order chi connectivity index (χ1) is 21.4. The summed E-state index contributed by atoms with van der Waals surface area (Å²) in [4.78, 5) is 21.0. The molecule has 6 rings (SSSR count). The number of nitrogens with zero attached hydrogens (tertiary/aromatic N) is 6. The molecular weight excluding hydrogens is 576 g/mol. The van der Waals surface area contributed by atoms with E-state index in [1.165, 1.54) is 83.7 Å². The Balaban J connectivity index is 1.05. The molecule has 1 aromatic heterocycles. The standard InChI is InChI=1S/C32H44N8O3S/c1-43-29-22-26(40-20-14-25(15-21-40)39-18-12-24(13-19-39)38-16-6-3-7-17-38)10-11-27(29)35-31-33-23-34-32(37-31)36-28-8-4-5-9-30(28)44(2,41)42/h4-5,8-11,22-25H,3,6-7,12-21H2,1-2H3,(H2,33,34,35,36,37). The highest BCUT2D eigenvalue weighted by Gasteiger charge is 2.31. The molecule has 0 aliphatic carbocycles. The fraction of sp³-hybridized carbons (Fsp3) is 0.531. The number of para-hydroxylation sites is 1. The lowest BCUT2D eigenvalue weighted by Gasteiger charge is -2.45. The monoisotopic (exact) mass is 620 g/mol. The van der Waals surface area contributed by atoms with Gasteiger partial charge in [-0.2, -0.15) is 4.98 Å². The number of methoxy groups -OCH3 is 1. The normalized spacial score (nSPS) is 19.5. The van der Waals surface area contributed by atoms with Gasteiger partial charge >= 0.3 is 0 Å². The van der Waals surface area contributed by atoms with Crippen molar-refractivity contribution in [3.05, 3.63) is 48.8 Å². The molecule has 0 bridgehead atoms. The Morgan fingerprint density at radius 2 is 1.39 bits per heavy atom. The second-order valence-corrected chi connectivity index (χ2v) is 14.1. The van der Waals surface area contributed by atoms with E-state index in [0.717, 1.165) is 30.5 Å². The van der Waals surface area contributed by atoms with Crippen molar-refractivity contribution >= 4 is 38.8 Å². The SMILES string of the molecule is COc1cc(N2CCC(N3CCC(N4CCCCC4)CC3)CC2)ccc1Nc1ncnc(Nc2ccccc2S(C)(=O)=O)n1. The van der Waals surface area contributed by atoms with E-state index in [4.69, 9.17) is 4.74 Å². The van der Waals surface area contributed by atoms with Crippen LogP contribution in [0.25, 0.3) is 0 Å². The van der Waals surface area contributed by atoms with Gasteiger partial charge in [0, 0.05) is 43.2 Å². The van der Waals surface area contributed by atoms with Gasteiger partial charge in [0.2, 0.25) is 11.9 Å². The van der Waals surface area contributed by atoms with Crippen molar-refractivity contribution in [1.82, 2.24) is 24.8 Å². The maximum atomic E-state index is 12.2. The van der Waals surface area contributed by atoms with Crippen LogP contribution < -0.4 is 20.3 Å². The second kappa shape index (κ2) is 13.7. The largest absolute Gasteiger partial charge is 0.494 e. The molecule has 0 atom stereocenters. The van der Waals surface area contributed by atoms with Gasteiger partial charge in [-0.25, -0.2) is 18.4 Å². The number of nitrogens with one attached hydrogen (secondary N) is 2. The molecule has 3 aliphatic heterocycles. The van der Waals surface area contributed by atoms with Crippen LogP contribution >= 0.6 is 0 Å². The summed E-state index contributed by atoms with van der Waals surface area (Å²) in [7, 11) is -1.76. The number of piperidine rings is 3. The topological polar surface area (TPSA) is 116 Å². The van der Waals surface area contributed by atoms with Crippen LogP contribution in [0, 0.1) is 0 Å². The summed E-state index contributed by atoms with van der Waals surface area (Å²) in [6.45, 7) is 7.14. The number of hydrogen-bond acceptors (Lipinski definition) is 11. The molecule has 12 heteroatoms. The zero-order valence-corrected chi connectivity index (χ0v) is 26.6. The molecular formula is C32H44N8O3S. The first-order valence-electron chi connectivity index (χ1n) is 15.8. The number of anilines is 5. The van der Waals surface area contributed by atoms with Crippen LogP contribution in [0.3, 0.4) is 0 Å². The van der Waals surface area contributed by atoms with Crippen LogP contribution in [0.5, 0.6) is 5.75 Å². The molecule has 44 heavy (non-hydrogen) atoms. The van der Waals surface area contributed by atoms with Gasteiger partial charge in [-0.3, -0.25) is 0 Å². The first kappa shape index (κ1) is 30.5. The van der Waals surface area contributed by atoms with Crippen LogP contribution in [0.15, 0.2) is 53.7 Å². The van der Waals surface area contributed by atoms with Crippen molar-refractivity contribution < 1.29 is 13.2 Å². The predicted octanol–water partition coefficient (Wildman–Crippen LogP) is 4.69. The van der Waals surface area contributed by atoms with E-state index in [2.05, 4.69) is 52.4 Å². The number of rotatable bonds is 9. The van der Waals surface area contributed by atoms with Gasteiger partial charge < -0.3 is 30.1 Å². The Morgan fingerprint density at radius 3 is 2.05 bits per heavy atom. The molecule has 4 heterocycles. The van der Waals surface area contributed by atoms with Crippen LogP contribution in [0.1, 0.15) is 44.9 Å². The predicted molar refractivity (Wildman–Crippen MR) is 174 cm³/mol. The summed E-state index contributed by atoms with van der Waals surface area (Å²) >= 11 is 0. The molecule has 0 spiro atoms. The molecule has 11 nitrogen and oxygen atoms in total. The van der Waals surface area contributed by atoms with Crippen LogP contribution in [-0.2, 0) is 9.84 Å². The maximum absolute atomic E-state index is 12.2. The van der Waals surface area contributed by atoms with E-state index < -0.39 is 9.84 Å². The lowest BCUT2D eigenvalue weighted by Crippen LogP contribution is -2.51. The molecule has 3 aromatic rings. The molecule has 0 unspecified atom stereocenters. The Morgan fingerprint density at radius 1 is 0.773 bits per heavy atom. The van der Waals surface area contributed by atoms with Gasteiger partial charge in [0.1, 0.15) is 12.1 Å². The Bertz CT molecular complexity index is 1520. The Hall–Kier alpha value is -3.48. The van der Waals surface area contributed by atoms with Gasteiger partial charge in [0.25, 0.3) is 0 Å². The smallest absolute Gasteiger partial charge is 0.232 e. The molecule has 0 amide bonds.